The molecule has 0 atom stereocenters. The predicted octanol–water partition coefficient (Wildman–Crippen LogP) is 1.54. The summed E-state index contributed by atoms with van der Waals surface area (Å²) in [6.07, 6.45) is 3.03. The number of nitrogens with zero attached hydrogens (tertiary/aromatic N) is 3. The molecule has 0 unspecified atom stereocenters. The molecule has 0 amide bonds. The van der Waals surface area contributed by atoms with E-state index in [1.807, 2.05) is 55.4 Å². The summed E-state index contributed by atoms with van der Waals surface area (Å²) in [5.41, 5.74) is 2.07. The Labute approximate surface area is 167 Å². The number of ether oxygens (including phenoxy) is 1. The molecule has 2 N–H and O–H groups in total. The van der Waals surface area contributed by atoms with Gasteiger partial charge in [-0.1, -0.05) is 30.3 Å². The van der Waals surface area contributed by atoms with E-state index in [9.17, 15) is 8.42 Å². The largest absolute Gasteiger partial charge is 0.378 e. The lowest BCUT2D eigenvalue weighted by Gasteiger charge is -2.21. The monoisotopic (exact) mass is 407 g/mol. The number of aromatic amines is 1. The molecule has 1 aromatic heterocycles. The number of hydrogen-bond donors (Lipinski definition) is 2. The molecule has 28 heavy (non-hydrogen) atoms. The predicted molar refractivity (Wildman–Crippen MR) is 112 cm³/mol. The second-order valence-electron chi connectivity index (χ2n) is 6.44. The first-order chi connectivity index (χ1) is 13.4. The van der Waals surface area contributed by atoms with Crippen LogP contribution in [0, 0.1) is 0 Å². The molecule has 0 aliphatic carbocycles. The van der Waals surface area contributed by atoms with Crippen molar-refractivity contribution in [2.24, 2.45) is 4.99 Å². The smallest absolute Gasteiger partial charge is 0.194 e. The van der Waals surface area contributed by atoms with E-state index in [2.05, 4.69) is 20.3 Å². The zero-order chi connectivity index (χ0) is 20.4. The molecule has 0 radical (unpaired) electrons. The molecule has 9 heteroatoms. The van der Waals surface area contributed by atoms with Crippen LogP contribution in [0.1, 0.15) is 12.7 Å². The summed E-state index contributed by atoms with van der Waals surface area (Å²) in [7, 11) is -1.05. The third-order valence-corrected chi connectivity index (χ3v) is 4.80. The van der Waals surface area contributed by atoms with Gasteiger partial charge in [0.15, 0.2) is 5.96 Å². The number of guanidine groups is 1. The van der Waals surface area contributed by atoms with Gasteiger partial charge < -0.3 is 19.9 Å². The van der Waals surface area contributed by atoms with Gasteiger partial charge in [-0.25, -0.2) is 13.4 Å². The third kappa shape index (κ3) is 7.69. The van der Waals surface area contributed by atoms with Gasteiger partial charge in [0.25, 0.3) is 0 Å². The molecular weight excluding hydrogens is 378 g/mol. The number of H-pyrrole nitrogens is 1. The van der Waals surface area contributed by atoms with E-state index in [0.717, 1.165) is 29.6 Å². The number of rotatable bonds is 10. The number of hydrogen-bond acceptors (Lipinski definition) is 5. The minimum atomic E-state index is -2.99. The highest BCUT2D eigenvalue weighted by Crippen LogP contribution is 2.16. The van der Waals surface area contributed by atoms with Crippen LogP contribution in [0.5, 0.6) is 0 Å². The van der Waals surface area contributed by atoms with E-state index in [-0.39, 0.29) is 12.4 Å². The van der Waals surface area contributed by atoms with Crippen LogP contribution in [0.4, 0.5) is 0 Å². The zero-order valence-corrected chi connectivity index (χ0v) is 17.5. The van der Waals surface area contributed by atoms with Crippen LogP contribution in [0.15, 0.2) is 41.5 Å². The third-order valence-electron chi connectivity index (χ3n) is 3.89. The average Bonchev–Trinajstić information content (AvgIpc) is 3.12. The number of aromatic nitrogens is 2. The van der Waals surface area contributed by atoms with E-state index >= 15 is 0 Å². The molecule has 2 aromatic rings. The van der Waals surface area contributed by atoms with E-state index < -0.39 is 9.84 Å². The molecule has 0 saturated carbocycles. The molecule has 154 valence electrons. The van der Waals surface area contributed by atoms with Gasteiger partial charge in [-0.3, -0.25) is 4.99 Å². The van der Waals surface area contributed by atoms with Gasteiger partial charge in [0.05, 0.1) is 43.9 Å². The van der Waals surface area contributed by atoms with Crippen LogP contribution >= 0.6 is 0 Å². The van der Waals surface area contributed by atoms with Crippen molar-refractivity contribution in [1.82, 2.24) is 20.2 Å². The van der Waals surface area contributed by atoms with Crippen molar-refractivity contribution in [2.75, 3.05) is 45.4 Å². The molecule has 1 aromatic carbocycles. The molecule has 0 aliphatic rings. The summed E-state index contributed by atoms with van der Waals surface area (Å²) in [6.45, 7) is 4.34. The van der Waals surface area contributed by atoms with Gasteiger partial charge in [0, 0.05) is 19.8 Å². The van der Waals surface area contributed by atoms with E-state index in [1.165, 1.54) is 6.26 Å². The fraction of sp³-hybridized carbons (Fsp3) is 0.474. The van der Waals surface area contributed by atoms with Crippen LogP contribution in [0.3, 0.4) is 0 Å². The van der Waals surface area contributed by atoms with Gasteiger partial charge in [-0.15, -0.1) is 0 Å². The topological polar surface area (TPSA) is 99.7 Å². The Morgan fingerprint density at radius 3 is 2.71 bits per heavy atom. The van der Waals surface area contributed by atoms with E-state index in [0.29, 0.717) is 19.7 Å². The molecule has 0 spiro atoms. The van der Waals surface area contributed by atoms with Gasteiger partial charge >= 0.3 is 0 Å². The summed E-state index contributed by atoms with van der Waals surface area (Å²) < 4.78 is 27.5. The number of aliphatic imine (C=N–C) groups is 1. The maximum absolute atomic E-state index is 11.1. The maximum atomic E-state index is 11.1. The van der Waals surface area contributed by atoms with Crippen LogP contribution in [0.2, 0.25) is 0 Å². The van der Waals surface area contributed by atoms with Gasteiger partial charge in [-0.05, 0) is 12.5 Å². The Morgan fingerprint density at radius 1 is 1.29 bits per heavy atom. The molecule has 8 nitrogen and oxygen atoms in total. The lowest BCUT2D eigenvalue weighted by atomic mass is 10.2. The quantitative estimate of drug-likeness (QED) is 0.352. The Bertz CT molecular complexity index is 849. The first-order valence-electron chi connectivity index (χ1n) is 9.23. The zero-order valence-electron chi connectivity index (χ0n) is 16.7. The number of benzene rings is 1. The molecule has 0 fully saturated rings. The molecule has 0 aliphatic heterocycles. The lowest BCUT2D eigenvalue weighted by Crippen LogP contribution is -2.39. The fourth-order valence-corrected chi connectivity index (χ4v) is 2.93. The fourth-order valence-electron chi connectivity index (χ4n) is 2.50. The lowest BCUT2D eigenvalue weighted by molar-refractivity contribution is 0.157. The Balaban J connectivity index is 1.88. The highest BCUT2D eigenvalue weighted by atomic mass is 32.2. The van der Waals surface area contributed by atoms with Crippen molar-refractivity contribution in [1.29, 1.82) is 0 Å². The Hall–Kier alpha value is -2.39. The van der Waals surface area contributed by atoms with Crippen LogP contribution in [-0.4, -0.2) is 74.6 Å². The highest BCUT2D eigenvalue weighted by molar-refractivity contribution is 7.90. The average molecular weight is 408 g/mol. The minimum absolute atomic E-state index is 0.0267. The van der Waals surface area contributed by atoms with Gasteiger partial charge in [0.1, 0.15) is 15.7 Å². The first kappa shape index (κ1) is 21.9. The number of sulfone groups is 1. The number of nitrogens with one attached hydrogen (secondary N) is 2. The molecule has 0 saturated heterocycles. The van der Waals surface area contributed by atoms with Crippen molar-refractivity contribution in [3.05, 3.63) is 42.4 Å². The van der Waals surface area contributed by atoms with Crippen molar-refractivity contribution >= 4 is 15.8 Å². The molecule has 0 bridgehead atoms. The second kappa shape index (κ2) is 10.8. The van der Waals surface area contributed by atoms with Crippen molar-refractivity contribution in [3.63, 3.8) is 0 Å². The Kier molecular flexibility index (Phi) is 8.46. The first-order valence-corrected chi connectivity index (χ1v) is 11.3. The maximum Gasteiger partial charge on any atom is 0.194 e. The Morgan fingerprint density at radius 2 is 2.04 bits per heavy atom. The minimum Gasteiger partial charge on any atom is -0.378 e. The van der Waals surface area contributed by atoms with Crippen molar-refractivity contribution < 1.29 is 13.2 Å². The standard InChI is InChI=1S/C19H29N5O3S/c1-4-20-19(21-10-11-27-12-13-28(3,25)26)24(2)15-18-22-14-17(23-18)16-8-6-5-7-9-16/h5-9,14H,4,10-13,15H2,1-3H3,(H,20,21)(H,22,23). The molecular formula is C19H29N5O3S. The van der Waals surface area contributed by atoms with E-state index in [4.69, 9.17) is 4.74 Å². The van der Waals surface area contributed by atoms with Gasteiger partial charge in [0.2, 0.25) is 0 Å². The highest BCUT2D eigenvalue weighted by Gasteiger charge is 2.10. The summed E-state index contributed by atoms with van der Waals surface area (Å²) in [6, 6.07) is 10.1. The summed E-state index contributed by atoms with van der Waals surface area (Å²) in [4.78, 5) is 14.3. The van der Waals surface area contributed by atoms with Crippen molar-refractivity contribution in [2.45, 2.75) is 13.5 Å². The van der Waals surface area contributed by atoms with Crippen LogP contribution < -0.4 is 5.32 Å². The molecule has 2 rings (SSSR count). The second-order valence-corrected chi connectivity index (χ2v) is 8.70. The van der Waals surface area contributed by atoms with Crippen LogP contribution in [0.25, 0.3) is 11.3 Å². The number of imidazole rings is 1. The van der Waals surface area contributed by atoms with Crippen LogP contribution in [-0.2, 0) is 21.1 Å². The summed E-state index contributed by atoms with van der Waals surface area (Å²) in [5.74, 6) is 1.61. The van der Waals surface area contributed by atoms with Gasteiger partial charge in [-0.2, -0.15) is 0 Å². The summed E-state index contributed by atoms with van der Waals surface area (Å²) >= 11 is 0. The summed E-state index contributed by atoms with van der Waals surface area (Å²) in [5, 5.41) is 3.24. The SMILES string of the molecule is CCNC(=NCCOCCS(C)(=O)=O)N(C)Cc1ncc(-c2ccccc2)[nH]1. The van der Waals surface area contributed by atoms with Crippen molar-refractivity contribution in [3.8, 4) is 11.3 Å². The normalized spacial score (nSPS) is 12.2. The molecule has 1 heterocycles. The van der Waals surface area contributed by atoms with E-state index in [1.54, 1.807) is 0 Å².